The second-order valence-corrected chi connectivity index (χ2v) is 7.24. The Balaban J connectivity index is 1.80. The zero-order chi connectivity index (χ0) is 16.8. The predicted molar refractivity (Wildman–Crippen MR) is 99.2 cm³/mol. The highest BCUT2D eigenvalue weighted by Gasteiger charge is 2.24. The van der Waals surface area contributed by atoms with Crippen LogP contribution in [0.2, 0.25) is 0 Å². The molecule has 25 heavy (non-hydrogen) atoms. The van der Waals surface area contributed by atoms with Gasteiger partial charge in [0, 0.05) is 17.0 Å². The van der Waals surface area contributed by atoms with E-state index in [2.05, 4.69) is 5.32 Å². The van der Waals surface area contributed by atoms with E-state index in [4.69, 9.17) is 20.2 Å². The topological polar surface area (TPSA) is 75.3 Å². The molecule has 2 N–H and O–H groups in total. The maximum absolute atomic E-state index is 9.16. The number of anilines is 1. The van der Waals surface area contributed by atoms with E-state index in [1.165, 1.54) is 16.9 Å². The first-order valence-electron chi connectivity index (χ1n) is 8.46. The zero-order valence-corrected chi connectivity index (χ0v) is 14.4. The molecule has 1 aliphatic carbocycles. The summed E-state index contributed by atoms with van der Waals surface area (Å²) in [6.07, 6.45) is 3.42. The molecular weight excluding hydrogens is 334 g/mol. The minimum absolute atomic E-state index is 0.0440. The summed E-state index contributed by atoms with van der Waals surface area (Å²) in [7, 11) is 0. The smallest absolute Gasteiger partial charge is 0.227 e. The fourth-order valence-electron chi connectivity index (χ4n) is 3.46. The van der Waals surface area contributed by atoms with Crippen molar-refractivity contribution in [2.45, 2.75) is 19.3 Å². The van der Waals surface area contributed by atoms with Crippen LogP contribution in [0.5, 0.6) is 0 Å². The molecule has 3 aromatic heterocycles. The van der Waals surface area contributed by atoms with Crippen molar-refractivity contribution in [2.75, 3.05) is 18.5 Å². The standard InChI is InChI=1S/C18H17N5OS/c24-10-9-19-18-21-17-14(12-7-4-8-13(12)25-17)16-20-15(22-23(16)18)11-5-2-1-3-6-11/h1-3,5-6,24H,4,7-10H2,(H,19,21). The monoisotopic (exact) mass is 351 g/mol. The van der Waals surface area contributed by atoms with Crippen LogP contribution in [0.15, 0.2) is 30.3 Å². The Morgan fingerprint density at radius 2 is 2.04 bits per heavy atom. The molecule has 0 unspecified atom stereocenters. The molecule has 0 radical (unpaired) electrons. The Bertz CT molecular complexity index is 1070. The number of aliphatic hydroxyl groups is 1. The van der Waals surface area contributed by atoms with Crippen molar-refractivity contribution in [2.24, 2.45) is 0 Å². The molecule has 126 valence electrons. The van der Waals surface area contributed by atoms with E-state index < -0.39 is 0 Å². The van der Waals surface area contributed by atoms with Crippen LogP contribution in [0, 0.1) is 0 Å². The Morgan fingerprint density at radius 1 is 1.16 bits per heavy atom. The number of benzene rings is 1. The summed E-state index contributed by atoms with van der Waals surface area (Å²) in [5.41, 5.74) is 3.22. The molecule has 0 aliphatic heterocycles. The van der Waals surface area contributed by atoms with E-state index in [1.54, 1.807) is 15.9 Å². The van der Waals surface area contributed by atoms with Crippen LogP contribution in [-0.4, -0.2) is 37.8 Å². The van der Waals surface area contributed by atoms with Gasteiger partial charge in [-0.1, -0.05) is 30.3 Å². The first kappa shape index (κ1) is 14.8. The van der Waals surface area contributed by atoms with Crippen LogP contribution in [-0.2, 0) is 12.8 Å². The van der Waals surface area contributed by atoms with Gasteiger partial charge in [0.25, 0.3) is 0 Å². The highest BCUT2D eigenvalue weighted by atomic mass is 32.1. The van der Waals surface area contributed by atoms with Gasteiger partial charge < -0.3 is 10.4 Å². The van der Waals surface area contributed by atoms with Crippen LogP contribution >= 0.6 is 11.3 Å². The van der Waals surface area contributed by atoms with Gasteiger partial charge in [0.05, 0.1) is 12.0 Å². The average molecular weight is 351 g/mol. The molecule has 0 amide bonds. The molecule has 7 heteroatoms. The van der Waals surface area contributed by atoms with Crippen molar-refractivity contribution in [1.82, 2.24) is 19.6 Å². The largest absolute Gasteiger partial charge is 0.395 e. The number of aromatic nitrogens is 4. The summed E-state index contributed by atoms with van der Waals surface area (Å²) < 4.78 is 1.78. The van der Waals surface area contributed by atoms with Crippen molar-refractivity contribution in [3.05, 3.63) is 40.8 Å². The van der Waals surface area contributed by atoms with Gasteiger partial charge in [0.15, 0.2) is 11.5 Å². The van der Waals surface area contributed by atoms with E-state index >= 15 is 0 Å². The Hall–Kier alpha value is -2.51. The lowest BCUT2D eigenvalue weighted by molar-refractivity contribution is 0.310. The molecule has 1 aromatic carbocycles. The summed E-state index contributed by atoms with van der Waals surface area (Å²) in [5.74, 6) is 1.33. The summed E-state index contributed by atoms with van der Waals surface area (Å²) >= 11 is 1.76. The molecule has 6 nitrogen and oxygen atoms in total. The van der Waals surface area contributed by atoms with Crippen LogP contribution < -0.4 is 5.32 Å². The number of fused-ring (bicyclic) bond motifs is 5. The van der Waals surface area contributed by atoms with Crippen molar-refractivity contribution in [3.8, 4) is 11.4 Å². The van der Waals surface area contributed by atoms with Gasteiger partial charge in [-0.05, 0) is 24.8 Å². The zero-order valence-electron chi connectivity index (χ0n) is 13.6. The number of nitrogens with zero attached hydrogens (tertiary/aromatic N) is 4. The molecular formula is C18H17N5OS. The lowest BCUT2D eigenvalue weighted by Gasteiger charge is -2.06. The molecule has 0 saturated heterocycles. The average Bonchev–Trinajstić information content (AvgIpc) is 3.33. The molecule has 3 heterocycles. The number of aryl methyl sites for hydroxylation is 2. The Morgan fingerprint density at radius 3 is 2.88 bits per heavy atom. The van der Waals surface area contributed by atoms with Crippen LogP contribution in [0.1, 0.15) is 16.9 Å². The second kappa shape index (κ2) is 5.79. The quantitative estimate of drug-likeness (QED) is 0.591. The van der Waals surface area contributed by atoms with Crippen molar-refractivity contribution in [3.63, 3.8) is 0 Å². The minimum atomic E-state index is 0.0440. The third-order valence-electron chi connectivity index (χ3n) is 4.57. The molecule has 0 atom stereocenters. The van der Waals surface area contributed by atoms with Crippen LogP contribution in [0.3, 0.4) is 0 Å². The number of rotatable bonds is 4. The number of hydrogen-bond donors (Lipinski definition) is 2. The van der Waals surface area contributed by atoms with Crippen LogP contribution in [0.25, 0.3) is 27.3 Å². The number of hydrogen-bond acceptors (Lipinski definition) is 6. The highest BCUT2D eigenvalue weighted by Crippen LogP contribution is 2.39. The van der Waals surface area contributed by atoms with Gasteiger partial charge in [-0.3, -0.25) is 0 Å². The Kier molecular flexibility index (Phi) is 3.43. The fourth-order valence-corrected chi connectivity index (χ4v) is 4.71. The Labute approximate surface area is 148 Å². The van der Waals surface area contributed by atoms with Gasteiger partial charge in [-0.15, -0.1) is 16.4 Å². The van der Waals surface area contributed by atoms with E-state index in [0.29, 0.717) is 18.3 Å². The molecule has 0 fully saturated rings. The molecule has 0 saturated carbocycles. The maximum atomic E-state index is 9.16. The maximum Gasteiger partial charge on any atom is 0.227 e. The summed E-state index contributed by atoms with van der Waals surface area (Å²) in [6.45, 7) is 0.474. The van der Waals surface area contributed by atoms with Gasteiger partial charge in [0.1, 0.15) is 4.83 Å². The van der Waals surface area contributed by atoms with Gasteiger partial charge in [-0.2, -0.15) is 4.52 Å². The highest BCUT2D eigenvalue weighted by molar-refractivity contribution is 7.19. The van der Waals surface area contributed by atoms with E-state index in [0.717, 1.165) is 34.3 Å². The van der Waals surface area contributed by atoms with E-state index in [-0.39, 0.29) is 6.61 Å². The van der Waals surface area contributed by atoms with Gasteiger partial charge >= 0.3 is 0 Å². The molecule has 0 bridgehead atoms. The number of nitrogens with one attached hydrogen (secondary N) is 1. The molecule has 5 rings (SSSR count). The fraction of sp³-hybridized carbons (Fsp3) is 0.278. The predicted octanol–water partition coefficient (Wildman–Crippen LogP) is 2.90. The third kappa shape index (κ3) is 2.31. The van der Waals surface area contributed by atoms with Crippen LogP contribution in [0.4, 0.5) is 5.95 Å². The van der Waals surface area contributed by atoms with Gasteiger partial charge in [-0.25, -0.2) is 9.97 Å². The summed E-state index contributed by atoms with van der Waals surface area (Å²) in [6, 6.07) is 9.99. The van der Waals surface area contributed by atoms with Crippen molar-refractivity contribution >= 4 is 33.1 Å². The first-order valence-corrected chi connectivity index (χ1v) is 9.28. The van der Waals surface area contributed by atoms with Crippen molar-refractivity contribution < 1.29 is 5.11 Å². The summed E-state index contributed by atoms with van der Waals surface area (Å²) in [5, 5.41) is 18.2. The second-order valence-electron chi connectivity index (χ2n) is 6.16. The number of aliphatic hydroxyl groups excluding tert-OH is 1. The first-order chi connectivity index (χ1) is 12.3. The lowest BCUT2D eigenvalue weighted by Crippen LogP contribution is -2.11. The molecule has 4 aromatic rings. The summed E-state index contributed by atoms with van der Waals surface area (Å²) in [4.78, 5) is 12.0. The lowest BCUT2D eigenvalue weighted by atomic mass is 10.2. The molecule has 1 aliphatic rings. The third-order valence-corrected chi connectivity index (χ3v) is 5.75. The van der Waals surface area contributed by atoms with E-state index in [9.17, 15) is 0 Å². The SMILES string of the molecule is OCCNc1nc2sc3c(c2c2nc(-c4ccccc4)nn12)CCC3. The molecule has 0 spiro atoms. The van der Waals surface area contributed by atoms with Gasteiger partial charge in [0.2, 0.25) is 5.95 Å². The minimum Gasteiger partial charge on any atom is -0.395 e. The number of thiophene rings is 1. The normalized spacial score (nSPS) is 13.6. The van der Waals surface area contributed by atoms with Crippen molar-refractivity contribution in [1.29, 1.82) is 0 Å². The van der Waals surface area contributed by atoms with E-state index in [1.807, 2.05) is 30.3 Å².